The van der Waals surface area contributed by atoms with Gasteiger partial charge in [-0.1, -0.05) is 0 Å². The number of nitrogens with one attached hydrogen (secondary N) is 1. The van der Waals surface area contributed by atoms with Gasteiger partial charge in [0.1, 0.15) is 0 Å². The Morgan fingerprint density at radius 1 is 1.59 bits per heavy atom. The summed E-state index contributed by atoms with van der Waals surface area (Å²) in [6, 6.07) is -0.455. The molecule has 1 aromatic rings. The molecule has 1 saturated heterocycles. The maximum absolute atomic E-state index is 12.4. The van der Waals surface area contributed by atoms with Gasteiger partial charge in [0, 0.05) is 18.3 Å². The van der Waals surface area contributed by atoms with E-state index in [2.05, 4.69) is 10.3 Å². The minimum atomic E-state index is -4.13. The first-order valence-electron chi connectivity index (χ1n) is 5.79. The first-order valence-corrected chi connectivity index (χ1v) is 5.79. The second kappa shape index (κ2) is 4.68. The van der Waals surface area contributed by atoms with Crippen LogP contribution < -0.4 is 5.32 Å². The molecule has 96 valence electrons. The number of alkyl halides is 3. The smallest absolute Gasteiger partial charge is 0.330 e. The Morgan fingerprint density at radius 3 is 2.94 bits per heavy atom. The monoisotopic (exact) mass is 247 g/mol. The SMILES string of the molecule is CC(CC(F)(F)F)n1cncc1C1CCCN1. The normalized spacial score (nSPS) is 22.9. The van der Waals surface area contributed by atoms with Crippen LogP contribution in [0.2, 0.25) is 0 Å². The van der Waals surface area contributed by atoms with Crippen molar-refractivity contribution in [1.82, 2.24) is 14.9 Å². The van der Waals surface area contributed by atoms with Gasteiger partial charge in [-0.2, -0.15) is 13.2 Å². The van der Waals surface area contributed by atoms with E-state index in [4.69, 9.17) is 0 Å². The molecule has 1 aromatic heterocycles. The summed E-state index contributed by atoms with van der Waals surface area (Å²) in [7, 11) is 0. The van der Waals surface area contributed by atoms with Crippen molar-refractivity contribution in [3.63, 3.8) is 0 Å². The van der Waals surface area contributed by atoms with Crippen molar-refractivity contribution in [3.8, 4) is 0 Å². The molecule has 0 aromatic carbocycles. The number of nitrogens with zero attached hydrogens (tertiary/aromatic N) is 2. The third kappa shape index (κ3) is 3.00. The summed E-state index contributed by atoms with van der Waals surface area (Å²) in [5, 5.41) is 3.28. The summed E-state index contributed by atoms with van der Waals surface area (Å²) in [6.07, 6.45) is 0.225. The molecule has 0 radical (unpaired) electrons. The molecule has 1 N–H and O–H groups in total. The zero-order chi connectivity index (χ0) is 12.5. The van der Waals surface area contributed by atoms with Crippen LogP contribution in [0.15, 0.2) is 12.5 Å². The molecule has 2 unspecified atom stereocenters. The van der Waals surface area contributed by atoms with Gasteiger partial charge in [-0.15, -0.1) is 0 Å². The van der Waals surface area contributed by atoms with Gasteiger partial charge in [0.15, 0.2) is 0 Å². The highest BCUT2D eigenvalue weighted by Crippen LogP contribution is 2.31. The van der Waals surface area contributed by atoms with Gasteiger partial charge < -0.3 is 9.88 Å². The van der Waals surface area contributed by atoms with E-state index in [9.17, 15) is 13.2 Å². The molecule has 1 fully saturated rings. The van der Waals surface area contributed by atoms with Crippen LogP contribution in [0, 0.1) is 0 Å². The molecule has 0 spiro atoms. The van der Waals surface area contributed by atoms with Crippen LogP contribution in [0.25, 0.3) is 0 Å². The number of hydrogen-bond donors (Lipinski definition) is 1. The molecule has 0 amide bonds. The summed E-state index contributed by atoms with van der Waals surface area (Å²) in [4.78, 5) is 3.97. The van der Waals surface area contributed by atoms with E-state index < -0.39 is 18.6 Å². The summed E-state index contributed by atoms with van der Waals surface area (Å²) < 4.78 is 38.7. The summed E-state index contributed by atoms with van der Waals surface area (Å²) in [5.41, 5.74) is 0.860. The lowest BCUT2D eigenvalue weighted by Crippen LogP contribution is -2.21. The predicted molar refractivity (Wildman–Crippen MR) is 57.6 cm³/mol. The third-order valence-electron chi connectivity index (χ3n) is 3.12. The van der Waals surface area contributed by atoms with Gasteiger partial charge in [-0.25, -0.2) is 4.98 Å². The van der Waals surface area contributed by atoms with Gasteiger partial charge >= 0.3 is 6.18 Å². The van der Waals surface area contributed by atoms with Crippen molar-refractivity contribution in [2.45, 2.75) is 44.4 Å². The average molecular weight is 247 g/mol. The van der Waals surface area contributed by atoms with E-state index in [0.717, 1.165) is 25.1 Å². The molecule has 2 heterocycles. The Kier molecular flexibility index (Phi) is 3.42. The first kappa shape index (κ1) is 12.4. The van der Waals surface area contributed by atoms with E-state index >= 15 is 0 Å². The fourth-order valence-corrected chi connectivity index (χ4v) is 2.32. The van der Waals surface area contributed by atoms with Crippen molar-refractivity contribution in [3.05, 3.63) is 18.2 Å². The fraction of sp³-hybridized carbons (Fsp3) is 0.727. The molecule has 2 rings (SSSR count). The highest BCUT2D eigenvalue weighted by atomic mass is 19.4. The quantitative estimate of drug-likeness (QED) is 0.890. The van der Waals surface area contributed by atoms with Crippen LogP contribution in [0.1, 0.15) is 44.0 Å². The van der Waals surface area contributed by atoms with E-state index in [-0.39, 0.29) is 6.04 Å². The number of halogens is 3. The van der Waals surface area contributed by atoms with E-state index in [1.54, 1.807) is 17.7 Å². The van der Waals surface area contributed by atoms with Crippen LogP contribution in [-0.2, 0) is 0 Å². The predicted octanol–water partition coefficient (Wildman–Crippen LogP) is 2.82. The second-order valence-corrected chi connectivity index (χ2v) is 4.54. The first-order chi connectivity index (χ1) is 7.97. The Labute approximate surface area is 98.0 Å². The molecule has 1 aliphatic rings. The number of aromatic nitrogens is 2. The molecular weight excluding hydrogens is 231 g/mol. The van der Waals surface area contributed by atoms with Crippen LogP contribution in [0.3, 0.4) is 0 Å². The van der Waals surface area contributed by atoms with Gasteiger partial charge in [-0.05, 0) is 26.3 Å². The lowest BCUT2D eigenvalue weighted by Gasteiger charge is -2.20. The minimum Gasteiger partial charge on any atom is -0.330 e. The molecule has 0 bridgehead atoms. The van der Waals surface area contributed by atoms with Gasteiger partial charge in [-0.3, -0.25) is 0 Å². The lowest BCUT2D eigenvalue weighted by atomic mass is 10.1. The van der Waals surface area contributed by atoms with Gasteiger partial charge in [0.25, 0.3) is 0 Å². The Balaban J connectivity index is 2.12. The van der Waals surface area contributed by atoms with Crippen LogP contribution in [-0.4, -0.2) is 22.3 Å². The van der Waals surface area contributed by atoms with Crippen molar-refractivity contribution in [2.75, 3.05) is 6.54 Å². The molecule has 6 heteroatoms. The van der Waals surface area contributed by atoms with Gasteiger partial charge in [0.05, 0.1) is 18.4 Å². The number of hydrogen-bond acceptors (Lipinski definition) is 2. The van der Waals surface area contributed by atoms with Crippen molar-refractivity contribution < 1.29 is 13.2 Å². The Morgan fingerprint density at radius 2 is 2.35 bits per heavy atom. The molecule has 1 aliphatic heterocycles. The maximum atomic E-state index is 12.4. The van der Waals surface area contributed by atoms with Crippen molar-refractivity contribution >= 4 is 0 Å². The largest absolute Gasteiger partial charge is 0.391 e. The summed E-state index contributed by atoms with van der Waals surface area (Å²) >= 11 is 0. The number of rotatable bonds is 3. The van der Waals surface area contributed by atoms with Crippen LogP contribution in [0.5, 0.6) is 0 Å². The average Bonchev–Trinajstić information content (AvgIpc) is 2.85. The van der Waals surface area contributed by atoms with Gasteiger partial charge in [0.2, 0.25) is 0 Å². The summed E-state index contributed by atoms with van der Waals surface area (Å²) in [5.74, 6) is 0. The molecular formula is C11H16F3N3. The summed E-state index contributed by atoms with van der Waals surface area (Å²) in [6.45, 7) is 2.50. The van der Waals surface area contributed by atoms with Crippen LogP contribution in [0.4, 0.5) is 13.2 Å². The second-order valence-electron chi connectivity index (χ2n) is 4.54. The van der Waals surface area contributed by atoms with E-state index in [0.29, 0.717) is 0 Å². The minimum absolute atomic E-state index is 0.146. The Hall–Kier alpha value is -1.04. The molecule has 0 saturated carbocycles. The highest BCUT2D eigenvalue weighted by Gasteiger charge is 2.32. The van der Waals surface area contributed by atoms with Crippen molar-refractivity contribution in [2.24, 2.45) is 0 Å². The molecule has 0 aliphatic carbocycles. The third-order valence-corrected chi connectivity index (χ3v) is 3.12. The van der Waals surface area contributed by atoms with Crippen molar-refractivity contribution in [1.29, 1.82) is 0 Å². The zero-order valence-corrected chi connectivity index (χ0v) is 9.67. The van der Waals surface area contributed by atoms with Crippen LogP contribution >= 0.6 is 0 Å². The standard InChI is InChI=1S/C11H16F3N3/c1-8(5-11(12,13)14)17-7-15-6-10(17)9-3-2-4-16-9/h6-9,16H,2-5H2,1H3. The zero-order valence-electron chi connectivity index (χ0n) is 9.67. The maximum Gasteiger partial charge on any atom is 0.391 e. The number of imidazole rings is 1. The molecule has 3 nitrogen and oxygen atoms in total. The van der Waals surface area contributed by atoms with E-state index in [1.165, 1.54) is 6.33 Å². The molecule has 17 heavy (non-hydrogen) atoms. The fourth-order valence-electron chi connectivity index (χ4n) is 2.32. The molecule has 2 atom stereocenters. The Bertz CT molecular complexity index is 366. The van der Waals surface area contributed by atoms with E-state index in [1.807, 2.05) is 0 Å². The topological polar surface area (TPSA) is 29.9 Å². The highest BCUT2D eigenvalue weighted by molar-refractivity contribution is 5.08. The lowest BCUT2D eigenvalue weighted by molar-refractivity contribution is -0.141.